The molecule has 0 spiro atoms. The van der Waals surface area contributed by atoms with Gasteiger partial charge in [-0.15, -0.1) is 0 Å². The Morgan fingerprint density at radius 1 is 1.42 bits per heavy atom. The van der Waals surface area contributed by atoms with Crippen LogP contribution in [0.3, 0.4) is 0 Å². The summed E-state index contributed by atoms with van der Waals surface area (Å²) in [7, 11) is 0. The molecule has 0 aliphatic carbocycles. The van der Waals surface area contributed by atoms with Crippen LogP contribution in [0.25, 0.3) is 0 Å². The number of benzene rings is 1. The van der Waals surface area contributed by atoms with Crippen LogP contribution in [0, 0.1) is 5.82 Å². The topological polar surface area (TPSA) is 52.3 Å². The second-order valence-electron chi connectivity index (χ2n) is 4.28. The molecule has 1 atom stereocenters. The predicted molar refractivity (Wildman–Crippen MR) is 69.0 cm³/mol. The van der Waals surface area contributed by atoms with Crippen LogP contribution in [0.15, 0.2) is 24.3 Å². The van der Waals surface area contributed by atoms with E-state index in [1.54, 1.807) is 13.0 Å². The van der Waals surface area contributed by atoms with E-state index in [0.717, 1.165) is 0 Å². The van der Waals surface area contributed by atoms with Gasteiger partial charge in [0.15, 0.2) is 0 Å². The largest absolute Gasteiger partial charge is 0.465 e. The zero-order chi connectivity index (χ0) is 14.3. The number of esters is 1. The van der Waals surface area contributed by atoms with Gasteiger partial charge in [-0.05, 0) is 25.8 Å². The van der Waals surface area contributed by atoms with Crippen LogP contribution in [-0.4, -0.2) is 25.8 Å². The minimum Gasteiger partial charge on any atom is -0.465 e. The molecule has 106 valence electrons. The van der Waals surface area contributed by atoms with Crippen LogP contribution in [0.5, 0.6) is 0 Å². The van der Waals surface area contributed by atoms with E-state index >= 15 is 0 Å². The van der Waals surface area contributed by atoms with Crippen molar-refractivity contribution in [1.82, 2.24) is 0 Å². The van der Waals surface area contributed by atoms with Gasteiger partial charge in [-0.1, -0.05) is 18.2 Å². The van der Waals surface area contributed by atoms with Crippen LogP contribution >= 0.6 is 0 Å². The lowest BCUT2D eigenvalue weighted by Crippen LogP contribution is -2.45. The number of carbonyl (C=O) groups excluding carboxylic acids is 1. The van der Waals surface area contributed by atoms with Gasteiger partial charge in [0.1, 0.15) is 11.2 Å². The zero-order valence-corrected chi connectivity index (χ0v) is 11.0. The van der Waals surface area contributed by atoms with Gasteiger partial charge in [-0.25, -0.2) is 4.39 Å². The van der Waals surface area contributed by atoms with E-state index in [-0.39, 0.29) is 31.6 Å². The van der Waals surface area contributed by atoms with Gasteiger partial charge in [0, 0.05) is 12.1 Å². The summed E-state index contributed by atoms with van der Waals surface area (Å²) in [5, 5.41) is 0. The van der Waals surface area contributed by atoms with Crippen molar-refractivity contribution in [3.63, 3.8) is 0 Å². The number of carbonyl (C=O) groups is 1. The molecule has 0 saturated heterocycles. The average Bonchev–Trinajstić information content (AvgIpc) is 2.42. The van der Waals surface area contributed by atoms with E-state index in [9.17, 15) is 13.6 Å². The van der Waals surface area contributed by atoms with Crippen LogP contribution in [-0.2, 0) is 14.9 Å². The fraction of sp³-hybridized carbons (Fsp3) is 0.500. The number of hydrogen-bond acceptors (Lipinski definition) is 3. The second kappa shape index (κ2) is 7.19. The Labute approximate surface area is 111 Å². The fourth-order valence-corrected chi connectivity index (χ4v) is 2.13. The summed E-state index contributed by atoms with van der Waals surface area (Å²) in [5.74, 6) is -1.13. The first-order valence-electron chi connectivity index (χ1n) is 6.30. The molecule has 0 fully saturated rings. The Kier molecular flexibility index (Phi) is 5.89. The van der Waals surface area contributed by atoms with E-state index in [4.69, 9.17) is 10.5 Å². The Morgan fingerprint density at radius 3 is 2.63 bits per heavy atom. The Balaban J connectivity index is 3.23. The second-order valence-corrected chi connectivity index (χ2v) is 4.28. The number of halogens is 2. The highest BCUT2D eigenvalue weighted by Gasteiger charge is 2.41. The van der Waals surface area contributed by atoms with Gasteiger partial charge in [0.2, 0.25) is 0 Å². The molecule has 0 aliphatic heterocycles. The van der Waals surface area contributed by atoms with Crippen molar-refractivity contribution in [2.24, 2.45) is 5.73 Å². The molecule has 1 rings (SSSR count). The predicted octanol–water partition coefficient (Wildman–Crippen LogP) is 2.33. The van der Waals surface area contributed by atoms with Crippen molar-refractivity contribution in [3.05, 3.63) is 35.6 Å². The Hall–Kier alpha value is -1.49. The molecule has 5 heteroatoms. The molecule has 0 radical (unpaired) electrons. The summed E-state index contributed by atoms with van der Waals surface area (Å²) >= 11 is 0. The molecule has 0 amide bonds. The molecule has 19 heavy (non-hydrogen) atoms. The molecule has 0 bridgehead atoms. The van der Waals surface area contributed by atoms with Crippen molar-refractivity contribution in [3.8, 4) is 0 Å². The first-order chi connectivity index (χ1) is 9.12. The highest BCUT2D eigenvalue weighted by atomic mass is 19.1. The molecular weight excluding hydrogens is 252 g/mol. The Bertz CT molecular complexity index is 426. The van der Waals surface area contributed by atoms with E-state index in [1.165, 1.54) is 18.2 Å². The molecular formula is C14H19F2NO2. The van der Waals surface area contributed by atoms with E-state index in [0.29, 0.717) is 0 Å². The molecule has 0 saturated carbocycles. The maximum Gasteiger partial charge on any atom is 0.317 e. The summed E-state index contributed by atoms with van der Waals surface area (Å²) in [6.07, 6.45) is 0.254. The number of alkyl halides is 1. The van der Waals surface area contributed by atoms with Gasteiger partial charge in [-0.3, -0.25) is 9.18 Å². The molecule has 1 aromatic carbocycles. The quantitative estimate of drug-likeness (QED) is 0.774. The van der Waals surface area contributed by atoms with Crippen molar-refractivity contribution < 1.29 is 18.3 Å². The third-order valence-corrected chi connectivity index (χ3v) is 3.14. The average molecular weight is 271 g/mol. The van der Waals surface area contributed by atoms with Crippen LogP contribution < -0.4 is 5.73 Å². The highest BCUT2D eigenvalue weighted by Crippen LogP contribution is 2.32. The lowest BCUT2D eigenvalue weighted by Gasteiger charge is -2.30. The monoisotopic (exact) mass is 271 g/mol. The minimum atomic E-state index is -1.31. The lowest BCUT2D eigenvalue weighted by atomic mass is 9.76. The van der Waals surface area contributed by atoms with Crippen LogP contribution in [0.2, 0.25) is 0 Å². The number of ether oxygens (including phenoxy) is 1. The van der Waals surface area contributed by atoms with Gasteiger partial charge >= 0.3 is 5.97 Å². The third kappa shape index (κ3) is 3.29. The van der Waals surface area contributed by atoms with Crippen molar-refractivity contribution in [2.75, 3.05) is 19.8 Å². The summed E-state index contributed by atoms with van der Waals surface area (Å²) in [6.45, 7) is 1.13. The maximum absolute atomic E-state index is 13.9. The van der Waals surface area contributed by atoms with Gasteiger partial charge in [-0.2, -0.15) is 0 Å². The van der Waals surface area contributed by atoms with Crippen LogP contribution in [0.1, 0.15) is 25.3 Å². The summed E-state index contributed by atoms with van der Waals surface area (Å²) in [6, 6.07) is 5.91. The SMILES string of the molecule is CCOC(=O)C(CN)(CCCF)c1ccccc1F. The number of rotatable bonds is 7. The zero-order valence-electron chi connectivity index (χ0n) is 11.0. The molecule has 0 aromatic heterocycles. The summed E-state index contributed by atoms with van der Waals surface area (Å²) in [5.41, 5.74) is 4.55. The smallest absolute Gasteiger partial charge is 0.317 e. The van der Waals surface area contributed by atoms with E-state index < -0.39 is 23.9 Å². The lowest BCUT2D eigenvalue weighted by molar-refractivity contribution is -0.150. The van der Waals surface area contributed by atoms with E-state index in [2.05, 4.69) is 0 Å². The first kappa shape index (κ1) is 15.6. The molecule has 3 nitrogen and oxygen atoms in total. The molecule has 1 aromatic rings. The Morgan fingerprint density at radius 2 is 2.11 bits per heavy atom. The summed E-state index contributed by atoms with van der Waals surface area (Å²) < 4.78 is 31.4. The number of hydrogen-bond donors (Lipinski definition) is 1. The van der Waals surface area contributed by atoms with Crippen molar-refractivity contribution in [2.45, 2.75) is 25.2 Å². The molecule has 1 unspecified atom stereocenters. The standard InChI is InChI=1S/C14H19F2NO2/c1-2-19-13(18)14(10-17,8-5-9-15)11-6-3-4-7-12(11)16/h3-4,6-7H,2,5,8-10,17H2,1H3. The normalized spacial score (nSPS) is 13.9. The van der Waals surface area contributed by atoms with Crippen molar-refractivity contribution >= 4 is 5.97 Å². The number of nitrogens with two attached hydrogens (primary N) is 1. The fourth-order valence-electron chi connectivity index (χ4n) is 2.13. The van der Waals surface area contributed by atoms with Crippen LogP contribution in [0.4, 0.5) is 8.78 Å². The third-order valence-electron chi connectivity index (χ3n) is 3.14. The maximum atomic E-state index is 13.9. The molecule has 2 N–H and O–H groups in total. The van der Waals surface area contributed by atoms with Crippen molar-refractivity contribution in [1.29, 1.82) is 0 Å². The molecule has 0 heterocycles. The van der Waals surface area contributed by atoms with Gasteiger partial charge in [0.05, 0.1) is 13.3 Å². The highest BCUT2D eigenvalue weighted by molar-refractivity contribution is 5.83. The van der Waals surface area contributed by atoms with E-state index in [1.807, 2.05) is 0 Å². The van der Waals surface area contributed by atoms with Gasteiger partial charge < -0.3 is 10.5 Å². The summed E-state index contributed by atoms with van der Waals surface area (Å²) in [4.78, 5) is 12.2. The first-order valence-corrected chi connectivity index (χ1v) is 6.30. The van der Waals surface area contributed by atoms with Gasteiger partial charge in [0.25, 0.3) is 0 Å². The minimum absolute atomic E-state index is 0.118. The molecule has 0 aliphatic rings.